The van der Waals surface area contributed by atoms with Gasteiger partial charge in [-0.3, -0.25) is 4.79 Å². The number of nitrogens with one attached hydrogen (secondary N) is 1. The van der Waals surface area contributed by atoms with Crippen molar-refractivity contribution in [1.82, 2.24) is 5.32 Å². The van der Waals surface area contributed by atoms with E-state index >= 15 is 0 Å². The van der Waals surface area contributed by atoms with E-state index in [9.17, 15) is 4.79 Å². The summed E-state index contributed by atoms with van der Waals surface area (Å²) in [5.74, 6) is 2.39. The molecule has 3 rings (SSSR count). The molecule has 3 nitrogen and oxygen atoms in total. The topological polar surface area (TPSA) is 42.2 Å². The van der Waals surface area contributed by atoms with Crippen LogP contribution in [0.25, 0.3) is 11.6 Å². The fraction of sp³-hybridized carbons (Fsp3) is 0.174. The van der Waals surface area contributed by atoms with Gasteiger partial charge in [0.2, 0.25) is 0 Å². The molecule has 0 unspecified atom stereocenters. The van der Waals surface area contributed by atoms with Crippen LogP contribution in [0, 0.1) is 6.92 Å². The number of aryl methyl sites for hydroxylation is 1. The summed E-state index contributed by atoms with van der Waals surface area (Å²) >= 11 is 1.82. The van der Waals surface area contributed by atoms with Crippen molar-refractivity contribution in [3.05, 3.63) is 95.4 Å². The molecule has 4 heteroatoms. The van der Waals surface area contributed by atoms with Crippen molar-refractivity contribution < 1.29 is 9.21 Å². The molecule has 0 saturated carbocycles. The van der Waals surface area contributed by atoms with Gasteiger partial charge in [0.05, 0.1) is 11.8 Å². The quantitative estimate of drug-likeness (QED) is 0.434. The van der Waals surface area contributed by atoms with Crippen LogP contribution in [-0.4, -0.2) is 18.2 Å². The summed E-state index contributed by atoms with van der Waals surface area (Å²) in [7, 11) is 0. The molecule has 0 fully saturated rings. The van der Waals surface area contributed by atoms with Crippen LogP contribution in [0.1, 0.15) is 22.5 Å². The van der Waals surface area contributed by atoms with Gasteiger partial charge in [-0.2, -0.15) is 11.8 Å². The lowest BCUT2D eigenvalue weighted by molar-refractivity contribution is -0.115. The van der Waals surface area contributed by atoms with Gasteiger partial charge in [0, 0.05) is 18.1 Å². The molecule has 0 aliphatic heterocycles. The molecule has 0 spiro atoms. The standard InChI is InChI=1S/C23H23NO2S/c1-18-7-5-8-19(15-18)17-27-14-12-24-23(25)22(16-21-11-6-13-26-21)20-9-3-2-4-10-20/h2-11,13,15-16H,12,14,17H2,1H3,(H,24,25)/b22-16+. The smallest absolute Gasteiger partial charge is 0.252 e. The second kappa shape index (κ2) is 9.83. The average Bonchev–Trinajstić information content (AvgIpc) is 3.20. The minimum atomic E-state index is -0.0891. The summed E-state index contributed by atoms with van der Waals surface area (Å²) in [5, 5.41) is 3.02. The van der Waals surface area contributed by atoms with Gasteiger partial charge in [-0.15, -0.1) is 0 Å². The summed E-state index contributed by atoms with van der Waals surface area (Å²) in [6.07, 6.45) is 3.39. The van der Waals surface area contributed by atoms with Crippen LogP contribution in [0.4, 0.5) is 0 Å². The maximum absolute atomic E-state index is 12.7. The number of furan rings is 1. The number of carbonyl (C=O) groups is 1. The Hall–Kier alpha value is -2.72. The Bertz CT molecular complexity index is 886. The van der Waals surface area contributed by atoms with Crippen molar-refractivity contribution in [2.24, 2.45) is 0 Å². The molecule has 1 N–H and O–H groups in total. The monoisotopic (exact) mass is 377 g/mol. The fourth-order valence-corrected chi connectivity index (χ4v) is 3.54. The van der Waals surface area contributed by atoms with Gasteiger partial charge in [-0.25, -0.2) is 0 Å². The van der Waals surface area contributed by atoms with Crippen LogP contribution in [0.2, 0.25) is 0 Å². The van der Waals surface area contributed by atoms with Crippen LogP contribution < -0.4 is 5.32 Å². The first-order chi connectivity index (χ1) is 13.2. The van der Waals surface area contributed by atoms with Crippen LogP contribution in [0.15, 0.2) is 77.4 Å². The molecule has 27 heavy (non-hydrogen) atoms. The molecule has 0 saturated heterocycles. The summed E-state index contributed by atoms with van der Waals surface area (Å²) in [4.78, 5) is 12.7. The maximum Gasteiger partial charge on any atom is 0.252 e. The Morgan fingerprint density at radius 2 is 1.93 bits per heavy atom. The summed E-state index contributed by atoms with van der Waals surface area (Å²) in [6.45, 7) is 2.72. The lowest BCUT2D eigenvalue weighted by atomic mass is 10.0. The minimum Gasteiger partial charge on any atom is -0.465 e. The number of thioether (sulfide) groups is 1. The van der Waals surface area contributed by atoms with Gasteiger partial charge in [-0.1, -0.05) is 60.2 Å². The van der Waals surface area contributed by atoms with E-state index in [0.29, 0.717) is 17.9 Å². The Kier molecular flexibility index (Phi) is 6.94. The predicted molar refractivity (Wildman–Crippen MR) is 113 cm³/mol. The zero-order chi connectivity index (χ0) is 18.9. The van der Waals surface area contributed by atoms with E-state index in [1.165, 1.54) is 11.1 Å². The number of benzene rings is 2. The minimum absolute atomic E-state index is 0.0891. The molecule has 3 aromatic rings. The molecule has 1 amide bonds. The lowest BCUT2D eigenvalue weighted by Crippen LogP contribution is -2.26. The van der Waals surface area contributed by atoms with Gasteiger partial charge >= 0.3 is 0 Å². The summed E-state index contributed by atoms with van der Waals surface area (Å²) < 4.78 is 5.38. The van der Waals surface area contributed by atoms with E-state index in [4.69, 9.17) is 4.42 Å². The first kappa shape index (κ1) is 19.1. The van der Waals surface area contributed by atoms with E-state index in [1.54, 1.807) is 12.3 Å². The number of rotatable bonds is 8. The van der Waals surface area contributed by atoms with E-state index < -0.39 is 0 Å². The fourth-order valence-electron chi connectivity index (χ4n) is 2.74. The molecule has 0 atom stereocenters. The van der Waals surface area contributed by atoms with Crippen molar-refractivity contribution in [2.75, 3.05) is 12.3 Å². The van der Waals surface area contributed by atoms with E-state index in [2.05, 4.69) is 36.5 Å². The average molecular weight is 378 g/mol. The first-order valence-electron chi connectivity index (χ1n) is 8.94. The molecule has 0 radical (unpaired) electrons. The number of carbonyl (C=O) groups excluding carboxylic acids is 1. The maximum atomic E-state index is 12.7. The molecular formula is C23H23NO2S. The normalized spacial score (nSPS) is 11.4. The van der Waals surface area contributed by atoms with Crippen molar-refractivity contribution in [3.63, 3.8) is 0 Å². The summed E-state index contributed by atoms with van der Waals surface area (Å²) in [6, 6.07) is 21.8. The Labute approximate surface area is 164 Å². The van der Waals surface area contributed by atoms with Gasteiger partial charge in [0.25, 0.3) is 5.91 Å². The predicted octanol–water partition coefficient (Wildman–Crippen LogP) is 5.18. The zero-order valence-electron chi connectivity index (χ0n) is 15.4. The molecule has 0 aliphatic carbocycles. The number of hydrogen-bond acceptors (Lipinski definition) is 3. The van der Waals surface area contributed by atoms with E-state index in [-0.39, 0.29) is 5.91 Å². The van der Waals surface area contributed by atoms with Crippen LogP contribution >= 0.6 is 11.8 Å². The van der Waals surface area contributed by atoms with Gasteiger partial charge in [0.15, 0.2) is 0 Å². The van der Waals surface area contributed by atoms with E-state index in [1.807, 2.05) is 54.2 Å². The third-order valence-corrected chi connectivity index (χ3v) is 5.07. The summed E-state index contributed by atoms with van der Waals surface area (Å²) in [5.41, 5.74) is 4.07. The zero-order valence-corrected chi connectivity index (χ0v) is 16.2. The SMILES string of the molecule is Cc1cccc(CSCCNC(=O)/C(=C/c2ccco2)c2ccccc2)c1. The van der Waals surface area contributed by atoms with E-state index in [0.717, 1.165) is 17.1 Å². The molecule has 0 bridgehead atoms. The molecule has 1 heterocycles. The van der Waals surface area contributed by atoms with Crippen molar-refractivity contribution in [3.8, 4) is 0 Å². The lowest BCUT2D eigenvalue weighted by Gasteiger charge is -2.09. The van der Waals surface area contributed by atoms with Gasteiger partial charge in [-0.05, 0) is 36.3 Å². The highest BCUT2D eigenvalue weighted by Crippen LogP contribution is 2.19. The second-order valence-electron chi connectivity index (χ2n) is 6.24. The largest absolute Gasteiger partial charge is 0.465 e. The second-order valence-corrected chi connectivity index (χ2v) is 7.34. The molecule has 0 aliphatic rings. The third-order valence-electron chi connectivity index (χ3n) is 4.04. The highest BCUT2D eigenvalue weighted by Gasteiger charge is 2.12. The highest BCUT2D eigenvalue weighted by atomic mass is 32.2. The highest BCUT2D eigenvalue weighted by molar-refractivity contribution is 7.98. The Balaban J connectivity index is 1.55. The van der Waals surface area contributed by atoms with Crippen molar-refractivity contribution >= 4 is 29.3 Å². The van der Waals surface area contributed by atoms with Crippen molar-refractivity contribution in [2.45, 2.75) is 12.7 Å². The molecular weight excluding hydrogens is 354 g/mol. The number of amides is 1. The number of hydrogen-bond donors (Lipinski definition) is 1. The molecule has 1 aromatic heterocycles. The van der Waals surface area contributed by atoms with Crippen LogP contribution in [0.3, 0.4) is 0 Å². The Morgan fingerprint density at radius 1 is 1.07 bits per heavy atom. The Morgan fingerprint density at radius 3 is 2.67 bits per heavy atom. The molecule has 2 aromatic carbocycles. The van der Waals surface area contributed by atoms with Crippen LogP contribution in [0.5, 0.6) is 0 Å². The first-order valence-corrected chi connectivity index (χ1v) is 10.1. The van der Waals surface area contributed by atoms with Gasteiger partial charge < -0.3 is 9.73 Å². The van der Waals surface area contributed by atoms with Gasteiger partial charge in [0.1, 0.15) is 5.76 Å². The van der Waals surface area contributed by atoms with Crippen molar-refractivity contribution in [1.29, 1.82) is 0 Å². The third kappa shape index (κ3) is 5.90. The molecule has 138 valence electrons. The van der Waals surface area contributed by atoms with Crippen LogP contribution in [-0.2, 0) is 10.5 Å².